The summed E-state index contributed by atoms with van der Waals surface area (Å²) in [5, 5.41) is 7.65. The molecule has 0 aliphatic heterocycles. The van der Waals surface area contributed by atoms with Gasteiger partial charge in [0.1, 0.15) is 11.1 Å². The van der Waals surface area contributed by atoms with Crippen LogP contribution in [0.15, 0.2) is 59.8 Å². The second kappa shape index (κ2) is 11.6. The number of rotatable bonds is 7. The lowest BCUT2D eigenvalue weighted by molar-refractivity contribution is 0.0955. The van der Waals surface area contributed by atoms with E-state index >= 15 is 0 Å². The lowest BCUT2D eigenvalue weighted by atomic mass is 10.1. The second-order valence-electron chi connectivity index (χ2n) is 9.49. The van der Waals surface area contributed by atoms with Crippen molar-refractivity contribution in [3.8, 4) is 17.7 Å². The number of pyridine rings is 1. The molecule has 0 bridgehead atoms. The Morgan fingerprint density at radius 2 is 1.90 bits per heavy atom. The monoisotopic (exact) mass is 556 g/mol. The van der Waals surface area contributed by atoms with E-state index < -0.39 is 23.1 Å². The Hall–Kier alpha value is -5.11. The molecule has 5 aromatic rings. The molecule has 0 saturated heterocycles. The van der Waals surface area contributed by atoms with Gasteiger partial charge >= 0.3 is 0 Å². The minimum absolute atomic E-state index is 0.0296. The zero-order chi connectivity index (χ0) is 29.1. The molecule has 0 aliphatic rings. The summed E-state index contributed by atoms with van der Waals surface area (Å²) in [6.07, 6.45) is 3.55. The Balaban J connectivity index is 1.36. The molecule has 11 heteroatoms. The highest BCUT2D eigenvalue weighted by atomic mass is 19.2. The van der Waals surface area contributed by atoms with Gasteiger partial charge in [-0.15, -0.1) is 5.10 Å². The van der Waals surface area contributed by atoms with Crippen molar-refractivity contribution in [2.24, 2.45) is 0 Å². The van der Waals surface area contributed by atoms with E-state index in [1.807, 2.05) is 18.2 Å². The molecular formula is C30H26F2N6O3. The third-order valence-electron chi connectivity index (χ3n) is 6.33. The number of carbonyl (C=O) groups excluding carboxylic acids is 1. The first kappa shape index (κ1) is 27.5. The molecule has 1 N–H and O–H groups in total. The van der Waals surface area contributed by atoms with Gasteiger partial charge in [-0.3, -0.25) is 14.6 Å². The predicted molar refractivity (Wildman–Crippen MR) is 150 cm³/mol. The van der Waals surface area contributed by atoms with E-state index in [2.05, 4.69) is 50.6 Å². The summed E-state index contributed by atoms with van der Waals surface area (Å²) in [5.74, 6) is 3.27. The van der Waals surface area contributed by atoms with E-state index in [4.69, 9.17) is 4.74 Å². The molecular weight excluding hydrogens is 530 g/mol. The number of ether oxygens (including phenoxy) is 1. The van der Waals surface area contributed by atoms with Gasteiger partial charge in [0.25, 0.3) is 11.5 Å². The van der Waals surface area contributed by atoms with E-state index in [1.165, 1.54) is 12.1 Å². The van der Waals surface area contributed by atoms with E-state index in [-0.39, 0.29) is 37.2 Å². The SMILES string of the molecule is CCOc1cc(C(=O)NCC#Cc2ccc3ncc4ncn(C(C)C)c4c3c2)c(=O)n(Cc2ccc(F)c(F)c2)n1. The average Bonchev–Trinajstić information content (AvgIpc) is 3.40. The Bertz CT molecular complexity index is 1900. The van der Waals surface area contributed by atoms with Gasteiger partial charge in [0.2, 0.25) is 5.88 Å². The van der Waals surface area contributed by atoms with E-state index in [9.17, 15) is 18.4 Å². The number of hydrogen-bond donors (Lipinski definition) is 1. The van der Waals surface area contributed by atoms with Crippen molar-refractivity contribution in [1.29, 1.82) is 0 Å². The summed E-state index contributed by atoms with van der Waals surface area (Å²) >= 11 is 0. The number of benzene rings is 2. The van der Waals surface area contributed by atoms with Crippen LogP contribution >= 0.6 is 0 Å². The van der Waals surface area contributed by atoms with Gasteiger partial charge in [0.15, 0.2) is 11.6 Å². The quantitative estimate of drug-likeness (QED) is 0.301. The van der Waals surface area contributed by atoms with Crippen molar-refractivity contribution in [1.82, 2.24) is 29.6 Å². The molecule has 208 valence electrons. The maximum Gasteiger partial charge on any atom is 0.280 e. The van der Waals surface area contributed by atoms with Gasteiger partial charge in [-0.05, 0) is 56.7 Å². The van der Waals surface area contributed by atoms with Crippen LogP contribution in [0.1, 0.15) is 48.3 Å². The summed E-state index contributed by atoms with van der Waals surface area (Å²) in [5.41, 5.74) is 2.69. The van der Waals surface area contributed by atoms with Gasteiger partial charge in [-0.2, -0.15) is 0 Å². The van der Waals surface area contributed by atoms with Crippen LogP contribution in [-0.4, -0.2) is 43.4 Å². The molecule has 0 spiro atoms. The van der Waals surface area contributed by atoms with Crippen LogP contribution in [-0.2, 0) is 6.54 Å². The van der Waals surface area contributed by atoms with Gasteiger partial charge in [0.05, 0.1) is 43.3 Å². The number of amides is 1. The fourth-order valence-corrected chi connectivity index (χ4v) is 4.37. The molecule has 5 rings (SSSR count). The van der Waals surface area contributed by atoms with E-state index in [1.54, 1.807) is 19.4 Å². The summed E-state index contributed by atoms with van der Waals surface area (Å²) < 4.78 is 35.5. The molecule has 2 aromatic carbocycles. The second-order valence-corrected chi connectivity index (χ2v) is 9.49. The van der Waals surface area contributed by atoms with Crippen molar-refractivity contribution in [2.75, 3.05) is 13.2 Å². The molecule has 3 aromatic heterocycles. The molecule has 0 unspecified atom stereocenters. The Morgan fingerprint density at radius 3 is 2.66 bits per heavy atom. The Morgan fingerprint density at radius 1 is 1.07 bits per heavy atom. The van der Waals surface area contributed by atoms with Crippen LogP contribution in [0.25, 0.3) is 21.9 Å². The van der Waals surface area contributed by atoms with Crippen LogP contribution in [0, 0.1) is 23.5 Å². The number of carbonyl (C=O) groups is 1. The van der Waals surface area contributed by atoms with Crippen LogP contribution < -0.4 is 15.6 Å². The first-order valence-corrected chi connectivity index (χ1v) is 13.0. The highest BCUT2D eigenvalue weighted by Crippen LogP contribution is 2.26. The minimum Gasteiger partial charge on any atom is -0.477 e. The Kier molecular flexibility index (Phi) is 7.74. The fourth-order valence-electron chi connectivity index (χ4n) is 4.37. The van der Waals surface area contributed by atoms with Crippen molar-refractivity contribution < 1.29 is 18.3 Å². The zero-order valence-corrected chi connectivity index (χ0v) is 22.6. The van der Waals surface area contributed by atoms with Gasteiger partial charge in [-0.25, -0.2) is 18.4 Å². The van der Waals surface area contributed by atoms with Crippen molar-refractivity contribution in [2.45, 2.75) is 33.4 Å². The highest BCUT2D eigenvalue weighted by molar-refractivity contribution is 6.02. The number of nitrogens with zero attached hydrogens (tertiary/aromatic N) is 5. The van der Waals surface area contributed by atoms with Crippen LogP contribution in [0.4, 0.5) is 8.78 Å². The van der Waals surface area contributed by atoms with Crippen molar-refractivity contribution in [3.63, 3.8) is 0 Å². The molecule has 41 heavy (non-hydrogen) atoms. The van der Waals surface area contributed by atoms with Crippen LogP contribution in [0.2, 0.25) is 0 Å². The molecule has 0 atom stereocenters. The van der Waals surface area contributed by atoms with Gasteiger partial charge in [-0.1, -0.05) is 17.9 Å². The fraction of sp³-hybridized carbons (Fsp3) is 0.233. The first-order valence-electron chi connectivity index (χ1n) is 13.0. The summed E-state index contributed by atoms with van der Waals surface area (Å²) in [6.45, 7) is 5.92. The minimum atomic E-state index is -1.05. The lowest BCUT2D eigenvalue weighted by Crippen LogP contribution is -2.35. The van der Waals surface area contributed by atoms with Gasteiger partial charge < -0.3 is 14.6 Å². The molecule has 1 amide bonds. The average molecular weight is 557 g/mol. The summed E-state index contributed by atoms with van der Waals surface area (Å²) in [7, 11) is 0. The first-order chi connectivity index (χ1) is 19.7. The number of imidazole rings is 1. The topological polar surface area (TPSA) is 104 Å². The maximum atomic E-state index is 13.7. The van der Waals surface area contributed by atoms with E-state index in [0.717, 1.165) is 44.3 Å². The smallest absolute Gasteiger partial charge is 0.280 e. The molecule has 0 radical (unpaired) electrons. The van der Waals surface area contributed by atoms with Crippen molar-refractivity contribution in [3.05, 3.63) is 93.7 Å². The normalized spacial score (nSPS) is 11.1. The van der Waals surface area contributed by atoms with E-state index in [0.29, 0.717) is 5.56 Å². The number of halogens is 2. The number of aromatic nitrogens is 5. The Labute approximate surface area is 233 Å². The van der Waals surface area contributed by atoms with Gasteiger partial charge in [0, 0.05) is 23.1 Å². The van der Waals surface area contributed by atoms with Crippen LogP contribution in [0.5, 0.6) is 5.88 Å². The third-order valence-corrected chi connectivity index (χ3v) is 6.33. The van der Waals surface area contributed by atoms with Crippen LogP contribution in [0.3, 0.4) is 0 Å². The summed E-state index contributed by atoms with van der Waals surface area (Å²) in [6, 6.07) is 10.4. The largest absolute Gasteiger partial charge is 0.477 e. The number of hydrogen-bond acceptors (Lipinski definition) is 6. The molecule has 0 fully saturated rings. The highest BCUT2D eigenvalue weighted by Gasteiger charge is 2.17. The zero-order valence-electron chi connectivity index (χ0n) is 22.6. The maximum absolute atomic E-state index is 13.7. The third kappa shape index (κ3) is 5.77. The number of nitrogens with one attached hydrogen (secondary N) is 1. The standard InChI is InChI=1S/C30H26F2N6O3/c1-4-41-27-14-22(30(40)38(36-27)16-20-7-9-23(31)24(32)13-20)29(39)33-11-5-6-19-8-10-25-21(12-19)28-26(15-34-25)35-17-37(28)18(2)3/h7-10,12-15,17-18H,4,11,16H2,1-3H3,(H,33,39). The molecule has 9 nitrogen and oxygen atoms in total. The summed E-state index contributed by atoms with van der Waals surface area (Å²) in [4.78, 5) is 34.9. The predicted octanol–water partition coefficient (Wildman–Crippen LogP) is 4.23. The molecule has 3 heterocycles. The molecule has 0 aliphatic carbocycles. The lowest BCUT2D eigenvalue weighted by Gasteiger charge is -2.11. The number of fused-ring (bicyclic) bond motifs is 3. The molecule has 0 saturated carbocycles. The van der Waals surface area contributed by atoms with Crippen molar-refractivity contribution >= 4 is 27.8 Å².